The van der Waals surface area contributed by atoms with Gasteiger partial charge >= 0.3 is 0 Å². The van der Waals surface area contributed by atoms with Crippen molar-refractivity contribution in [3.05, 3.63) is 0 Å². The molecule has 2 bridgehead atoms. The molecule has 4 rings (SSSR count). The van der Waals surface area contributed by atoms with Crippen molar-refractivity contribution in [1.82, 2.24) is 10.6 Å². The molecular formula is C18H32IN3O3S. The summed E-state index contributed by atoms with van der Waals surface area (Å²) in [7, 11) is -2.82. The fraction of sp³-hybridized carbons (Fsp3) is 0.944. The summed E-state index contributed by atoms with van der Waals surface area (Å²) in [5.41, 5.74) is 0. The molecule has 2 saturated carbocycles. The highest BCUT2D eigenvalue weighted by Gasteiger charge is 2.40. The molecule has 2 aliphatic carbocycles. The lowest BCUT2D eigenvalue weighted by atomic mass is 9.95. The maximum Gasteiger partial charge on any atom is 0.191 e. The Balaban J connectivity index is 0.00000196. The number of fused-ring (bicyclic) bond motifs is 2. The van der Waals surface area contributed by atoms with E-state index < -0.39 is 9.84 Å². The van der Waals surface area contributed by atoms with Gasteiger partial charge in [-0.3, -0.25) is 4.99 Å². The van der Waals surface area contributed by atoms with Crippen molar-refractivity contribution in [2.45, 2.75) is 44.6 Å². The summed E-state index contributed by atoms with van der Waals surface area (Å²) >= 11 is 0. The van der Waals surface area contributed by atoms with E-state index in [0.717, 1.165) is 50.4 Å². The van der Waals surface area contributed by atoms with Gasteiger partial charge < -0.3 is 15.4 Å². The highest BCUT2D eigenvalue weighted by molar-refractivity contribution is 14.0. The number of hydrogen-bond acceptors (Lipinski definition) is 4. The highest BCUT2D eigenvalue weighted by atomic mass is 127. The van der Waals surface area contributed by atoms with Crippen molar-refractivity contribution in [1.29, 1.82) is 0 Å². The number of halogens is 1. The van der Waals surface area contributed by atoms with E-state index in [1.807, 2.05) is 0 Å². The smallest absolute Gasteiger partial charge is 0.191 e. The number of nitrogens with zero attached hydrogens (tertiary/aromatic N) is 1. The first-order valence-electron chi connectivity index (χ1n) is 9.90. The fourth-order valence-corrected chi connectivity index (χ4v) is 6.82. The molecular weight excluding hydrogens is 465 g/mol. The first kappa shape index (κ1) is 20.6. The molecule has 0 amide bonds. The van der Waals surface area contributed by atoms with Crippen molar-refractivity contribution in [2.75, 3.05) is 37.8 Å². The standard InChI is InChI=1S/C18H31N3O3S.HI/c22-25(23)6-4-15(12-25)10-20-18(19-9-14-3-5-24-11-14)21-17-8-13-1-2-16(17)7-13;/h13-17H,1-12H2,(H2,19,20,21);1H. The second-order valence-corrected chi connectivity index (χ2v) is 10.7. The summed E-state index contributed by atoms with van der Waals surface area (Å²) in [6.07, 6.45) is 7.21. The average molecular weight is 497 g/mol. The Labute approximate surface area is 174 Å². The predicted octanol–water partition coefficient (Wildman–Crippen LogP) is 1.80. The van der Waals surface area contributed by atoms with Gasteiger partial charge in [0.25, 0.3) is 0 Å². The van der Waals surface area contributed by atoms with Gasteiger partial charge in [-0.25, -0.2) is 8.42 Å². The molecule has 2 saturated heterocycles. The minimum atomic E-state index is -2.82. The van der Waals surface area contributed by atoms with E-state index in [2.05, 4.69) is 10.6 Å². The van der Waals surface area contributed by atoms with Gasteiger partial charge in [-0.2, -0.15) is 0 Å². The molecule has 8 heteroatoms. The molecule has 0 aromatic carbocycles. The monoisotopic (exact) mass is 497 g/mol. The fourth-order valence-electron chi connectivity index (χ4n) is 4.97. The second kappa shape index (κ2) is 8.94. The lowest BCUT2D eigenvalue weighted by molar-refractivity contribution is 0.186. The van der Waals surface area contributed by atoms with Crippen LogP contribution in [-0.2, 0) is 14.6 Å². The number of hydrogen-bond donors (Lipinski definition) is 2. The first-order chi connectivity index (χ1) is 12.1. The number of nitrogens with one attached hydrogen (secondary N) is 2. The van der Waals surface area contributed by atoms with Gasteiger partial charge in [-0.05, 0) is 49.9 Å². The van der Waals surface area contributed by atoms with E-state index >= 15 is 0 Å². The molecule has 2 heterocycles. The molecule has 0 radical (unpaired) electrons. The molecule has 2 aliphatic heterocycles. The summed E-state index contributed by atoms with van der Waals surface area (Å²) < 4.78 is 28.8. The third-order valence-corrected chi connectivity index (χ3v) is 8.31. The summed E-state index contributed by atoms with van der Waals surface area (Å²) in [5, 5.41) is 7.17. The van der Waals surface area contributed by atoms with Crippen molar-refractivity contribution >= 4 is 39.8 Å². The SMILES string of the molecule is I.O=S1(=O)CCC(CN=C(NCC2CCOC2)NC2CC3CCC2C3)C1. The Kier molecular flexibility index (Phi) is 7.10. The zero-order valence-corrected chi connectivity index (χ0v) is 18.5. The van der Waals surface area contributed by atoms with Crippen LogP contribution in [0.1, 0.15) is 38.5 Å². The van der Waals surface area contributed by atoms with Crippen molar-refractivity contribution in [2.24, 2.45) is 28.7 Å². The normalized spacial score (nSPS) is 38.3. The number of sulfone groups is 1. The molecule has 4 fully saturated rings. The van der Waals surface area contributed by atoms with Crippen LogP contribution >= 0.6 is 24.0 Å². The van der Waals surface area contributed by atoms with Crippen LogP contribution in [0.5, 0.6) is 0 Å². The van der Waals surface area contributed by atoms with Gasteiger partial charge in [0.2, 0.25) is 0 Å². The molecule has 0 spiro atoms. The third-order valence-electron chi connectivity index (χ3n) is 6.48. The van der Waals surface area contributed by atoms with E-state index in [1.54, 1.807) is 0 Å². The molecule has 0 aromatic heterocycles. The van der Waals surface area contributed by atoms with Gasteiger partial charge in [0.1, 0.15) is 0 Å². The molecule has 5 atom stereocenters. The Bertz CT molecular complexity index is 607. The van der Waals surface area contributed by atoms with Crippen LogP contribution in [-0.4, -0.2) is 58.2 Å². The first-order valence-corrected chi connectivity index (χ1v) is 11.7. The van der Waals surface area contributed by atoms with Crippen molar-refractivity contribution in [3.8, 4) is 0 Å². The van der Waals surface area contributed by atoms with Gasteiger partial charge in [0.05, 0.1) is 18.1 Å². The largest absolute Gasteiger partial charge is 0.381 e. The molecule has 26 heavy (non-hydrogen) atoms. The number of guanidine groups is 1. The molecule has 2 N–H and O–H groups in total. The molecule has 6 nitrogen and oxygen atoms in total. The Hall–Kier alpha value is -0.0900. The van der Waals surface area contributed by atoms with Gasteiger partial charge in [0.15, 0.2) is 15.8 Å². The van der Waals surface area contributed by atoms with Crippen LogP contribution in [0.2, 0.25) is 0 Å². The zero-order chi connectivity index (χ0) is 17.3. The quantitative estimate of drug-likeness (QED) is 0.344. The summed E-state index contributed by atoms with van der Waals surface area (Å²) in [6, 6.07) is 0.539. The lowest BCUT2D eigenvalue weighted by Crippen LogP contribution is -2.47. The molecule has 150 valence electrons. The van der Waals surface area contributed by atoms with Gasteiger partial charge in [-0.15, -0.1) is 24.0 Å². The minimum absolute atomic E-state index is 0. The summed E-state index contributed by atoms with van der Waals surface area (Å²) in [5.74, 6) is 3.93. The van der Waals surface area contributed by atoms with E-state index in [-0.39, 0.29) is 29.9 Å². The Morgan fingerprint density at radius 3 is 2.62 bits per heavy atom. The van der Waals surface area contributed by atoms with Gasteiger partial charge in [0, 0.05) is 31.7 Å². The molecule has 5 unspecified atom stereocenters. The number of ether oxygens (including phenoxy) is 1. The van der Waals surface area contributed by atoms with E-state index in [0.29, 0.717) is 30.0 Å². The molecule has 4 aliphatic rings. The maximum atomic E-state index is 11.7. The lowest BCUT2D eigenvalue weighted by Gasteiger charge is -2.26. The predicted molar refractivity (Wildman–Crippen MR) is 114 cm³/mol. The third kappa shape index (κ3) is 5.25. The van der Waals surface area contributed by atoms with Gasteiger partial charge in [-0.1, -0.05) is 6.42 Å². The molecule has 0 aromatic rings. The van der Waals surface area contributed by atoms with Crippen molar-refractivity contribution < 1.29 is 13.2 Å². The maximum absolute atomic E-state index is 11.7. The van der Waals surface area contributed by atoms with Crippen LogP contribution in [0.25, 0.3) is 0 Å². The minimum Gasteiger partial charge on any atom is -0.381 e. The van der Waals surface area contributed by atoms with Crippen LogP contribution < -0.4 is 10.6 Å². The van der Waals surface area contributed by atoms with Crippen LogP contribution in [0.15, 0.2) is 4.99 Å². The van der Waals surface area contributed by atoms with Crippen molar-refractivity contribution in [3.63, 3.8) is 0 Å². The average Bonchev–Trinajstić information content (AvgIpc) is 3.35. The van der Waals surface area contributed by atoms with Crippen LogP contribution in [0.4, 0.5) is 0 Å². The summed E-state index contributed by atoms with van der Waals surface area (Å²) in [6.45, 7) is 3.18. The second-order valence-electron chi connectivity index (χ2n) is 8.49. The number of rotatable bonds is 5. The summed E-state index contributed by atoms with van der Waals surface area (Å²) in [4.78, 5) is 4.77. The van der Waals surface area contributed by atoms with E-state index in [1.165, 1.54) is 25.7 Å². The van der Waals surface area contributed by atoms with Crippen LogP contribution in [0, 0.1) is 23.7 Å². The topological polar surface area (TPSA) is 79.8 Å². The number of aliphatic imine (C=N–C) groups is 1. The van der Waals surface area contributed by atoms with E-state index in [9.17, 15) is 8.42 Å². The van der Waals surface area contributed by atoms with Crippen LogP contribution in [0.3, 0.4) is 0 Å². The Morgan fingerprint density at radius 2 is 2.00 bits per heavy atom. The highest BCUT2D eigenvalue weighted by Crippen LogP contribution is 2.44. The van der Waals surface area contributed by atoms with E-state index in [4.69, 9.17) is 9.73 Å². The Morgan fingerprint density at radius 1 is 1.12 bits per heavy atom. The zero-order valence-electron chi connectivity index (χ0n) is 15.4.